The number of carbonyl (C=O) groups excluding carboxylic acids is 1. The first-order chi connectivity index (χ1) is 16.7. The lowest BCUT2D eigenvalue weighted by Crippen LogP contribution is -2.37. The van der Waals surface area contributed by atoms with Gasteiger partial charge in [0.15, 0.2) is 10.9 Å². The molecule has 2 aliphatic rings. The highest BCUT2D eigenvalue weighted by atomic mass is 32.2. The van der Waals surface area contributed by atoms with Crippen LogP contribution in [0.15, 0.2) is 52.4 Å². The van der Waals surface area contributed by atoms with E-state index < -0.39 is 0 Å². The maximum atomic E-state index is 13.3. The SMILES string of the molecule is O=C(CSc1nc2ccccc2c(=O)n1CCCN1CCOCC1)c1ccc2c(c1)CCCC2. The molecular formula is C27H31N3O3S. The third-order valence-corrected chi connectivity index (χ3v) is 7.77. The number of fused-ring (bicyclic) bond motifs is 2. The Hall–Kier alpha value is -2.48. The van der Waals surface area contributed by atoms with E-state index in [4.69, 9.17) is 9.72 Å². The number of ether oxygens (including phenoxy) is 1. The molecule has 0 radical (unpaired) electrons. The Morgan fingerprint density at radius 2 is 1.79 bits per heavy atom. The summed E-state index contributed by atoms with van der Waals surface area (Å²) in [5, 5.41) is 1.25. The Morgan fingerprint density at radius 3 is 2.65 bits per heavy atom. The van der Waals surface area contributed by atoms with Gasteiger partial charge in [-0.3, -0.25) is 19.1 Å². The van der Waals surface area contributed by atoms with Crippen LogP contribution in [0, 0.1) is 0 Å². The first kappa shape index (κ1) is 23.3. The van der Waals surface area contributed by atoms with E-state index in [0.29, 0.717) is 22.6 Å². The van der Waals surface area contributed by atoms with Crippen molar-refractivity contribution in [2.75, 3.05) is 38.6 Å². The highest BCUT2D eigenvalue weighted by Gasteiger charge is 2.17. The lowest BCUT2D eigenvalue weighted by Gasteiger charge is -2.26. The molecule has 2 aromatic carbocycles. The lowest BCUT2D eigenvalue weighted by molar-refractivity contribution is 0.0368. The van der Waals surface area contributed by atoms with Crippen LogP contribution in [0.3, 0.4) is 0 Å². The number of carbonyl (C=O) groups is 1. The predicted octanol–water partition coefficient (Wildman–Crippen LogP) is 3.97. The monoisotopic (exact) mass is 477 g/mol. The quantitative estimate of drug-likeness (QED) is 0.278. The maximum Gasteiger partial charge on any atom is 0.262 e. The normalized spacial score (nSPS) is 16.5. The molecule has 1 saturated heterocycles. The van der Waals surface area contributed by atoms with E-state index in [2.05, 4.69) is 17.0 Å². The largest absolute Gasteiger partial charge is 0.379 e. The Kier molecular flexibility index (Phi) is 7.42. The topological polar surface area (TPSA) is 64.4 Å². The Bertz CT molecular complexity index is 1230. The van der Waals surface area contributed by atoms with Gasteiger partial charge in [0.05, 0.1) is 29.9 Å². The minimum Gasteiger partial charge on any atom is -0.379 e. The summed E-state index contributed by atoms with van der Waals surface area (Å²) in [6, 6.07) is 13.6. The maximum absolute atomic E-state index is 13.3. The molecule has 1 aliphatic carbocycles. The molecule has 2 heterocycles. The van der Waals surface area contributed by atoms with Crippen molar-refractivity contribution >= 4 is 28.4 Å². The van der Waals surface area contributed by atoms with Crippen molar-refractivity contribution in [2.45, 2.75) is 43.8 Å². The second-order valence-corrected chi connectivity index (χ2v) is 10.0. The molecule has 1 aliphatic heterocycles. The molecule has 0 unspecified atom stereocenters. The molecule has 178 valence electrons. The summed E-state index contributed by atoms with van der Waals surface area (Å²) in [5.41, 5.74) is 4.10. The van der Waals surface area contributed by atoms with Crippen molar-refractivity contribution < 1.29 is 9.53 Å². The molecule has 0 amide bonds. The fourth-order valence-electron chi connectivity index (χ4n) is 4.85. The molecular weight excluding hydrogens is 446 g/mol. The third kappa shape index (κ3) is 5.27. The van der Waals surface area contributed by atoms with Gasteiger partial charge in [-0.1, -0.05) is 36.0 Å². The van der Waals surface area contributed by atoms with Crippen LogP contribution in [0.25, 0.3) is 10.9 Å². The zero-order valence-electron chi connectivity index (χ0n) is 19.5. The van der Waals surface area contributed by atoms with E-state index in [-0.39, 0.29) is 17.1 Å². The summed E-state index contributed by atoms with van der Waals surface area (Å²) < 4.78 is 7.19. The Balaban J connectivity index is 1.33. The van der Waals surface area contributed by atoms with E-state index in [1.807, 2.05) is 30.3 Å². The number of thioether (sulfide) groups is 1. The van der Waals surface area contributed by atoms with Crippen molar-refractivity contribution in [3.63, 3.8) is 0 Å². The summed E-state index contributed by atoms with van der Waals surface area (Å²) in [6.07, 6.45) is 5.44. The predicted molar refractivity (Wildman–Crippen MR) is 136 cm³/mol. The third-order valence-electron chi connectivity index (χ3n) is 6.79. The molecule has 6 nitrogen and oxygen atoms in total. The number of rotatable bonds is 8. The molecule has 7 heteroatoms. The summed E-state index contributed by atoms with van der Waals surface area (Å²) in [5.74, 6) is 0.355. The molecule has 5 rings (SSSR count). The zero-order valence-corrected chi connectivity index (χ0v) is 20.3. The van der Waals surface area contributed by atoms with Crippen LogP contribution >= 0.6 is 11.8 Å². The summed E-state index contributed by atoms with van der Waals surface area (Å²) in [6.45, 7) is 4.90. The van der Waals surface area contributed by atoms with E-state index in [9.17, 15) is 9.59 Å². The number of benzene rings is 2. The van der Waals surface area contributed by atoms with Crippen LogP contribution in [-0.4, -0.2) is 58.8 Å². The number of aryl methyl sites for hydroxylation is 2. The fourth-order valence-corrected chi connectivity index (χ4v) is 5.77. The molecule has 0 bridgehead atoms. The van der Waals surface area contributed by atoms with E-state index in [1.54, 1.807) is 4.57 Å². The molecule has 1 aromatic heterocycles. The van der Waals surface area contributed by atoms with Gasteiger partial charge in [-0.2, -0.15) is 0 Å². The van der Waals surface area contributed by atoms with Gasteiger partial charge in [0.2, 0.25) is 0 Å². The Labute approximate surface area is 204 Å². The molecule has 1 fully saturated rings. The van der Waals surface area contributed by atoms with Crippen LogP contribution < -0.4 is 5.56 Å². The van der Waals surface area contributed by atoms with Gasteiger partial charge in [0, 0.05) is 31.7 Å². The van der Waals surface area contributed by atoms with Crippen molar-refractivity contribution in [1.29, 1.82) is 0 Å². The van der Waals surface area contributed by atoms with Gasteiger partial charge < -0.3 is 4.74 Å². The Morgan fingerprint density at radius 1 is 1.00 bits per heavy atom. The van der Waals surface area contributed by atoms with Gasteiger partial charge in [0.1, 0.15) is 0 Å². The summed E-state index contributed by atoms with van der Waals surface area (Å²) in [7, 11) is 0. The number of aromatic nitrogens is 2. The molecule has 0 saturated carbocycles. The van der Waals surface area contributed by atoms with Crippen molar-refractivity contribution in [2.24, 2.45) is 0 Å². The number of Topliss-reactive ketones (excluding diaryl/α,β-unsaturated/α-hetero) is 1. The van der Waals surface area contributed by atoms with Crippen molar-refractivity contribution in [3.05, 3.63) is 69.5 Å². The fraction of sp³-hybridized carbons (Fsp3) is 0.444. The van der Waals surface area contributed by atoms with Crippen LogP contribution in [0.1, 0.15) is 40.7 Å². The van der Waals surface area contributed by atoms with Crippen LogP contribution in [0.5, 0.6) is 0 Å². The number of ketones is 1. The highest BCUT2D eigenvalue weighted by Crippen LogP contribution is 2.24. The van der Waals surface area contributed by atoms with Gasteiger partial charge in [-0.25, -0.2) is 4.98 Å². The first-order valence-corrected chi connectivity index (χ1v) is 13.2. The van der Waals surface area contributed by atoms with Gasteiger partial charge in [0.25, 0.3) is 5.56 Å². The minimum atomic E-state index is -0.0312. The lowest BCUT2D eigenvalue weighted by atomic mass is 9.90. The number of para-hydroxylation sites is 1. The molecule has 3 aromatic rings. The van der Waals surface area contributed by atoms with E-state index in [0.717, 1.165) is 57.7 Å². The smallest absolute Gasteiger partial charge is 0.262 e. The average Bonchev–Trinajstić information content (AvgIpc) is 2.89. The highest BCUT2D eigenvalue weighted by molar-refractivity contribution is 7.99. The number of morpholine rings is 1. The number of hydrogen-bond donors (Lipinski definition) is 0. The molecule has 34 heavy (non-hydrogen) atoms. The second-order valence-electron chi connectivity index (χ2n) is 9.08. The van der Waals surface area contributed by atoms with Gasteiger partial charge in [-0.05, 0) is 61.4 Å². The number of hydrogen-bond acceptors (Lipinski definition) is 6. The van der Waals surface area contributed by atoms with Crippen LogP contribution in [0.4, 0.5) is 0 Å². The molecule has 0 atom stereocenters. The van der Waals surface area contributed by atoms with E-state index in [1.165, 1.54) is 35.7 Å². The zero-order chi connectivity index (χ0) is 23.3. The van der Waals surface area contributed by atoms with Crippen molar-refractivity contribution in [1.82, 2.24) is 14.5 Å². The van der Waals surface area contributed by atoms with Gasteiger partial charge >= 0.3 is 0 Å². The number of nitrogens with zero attached hydrogens (tertiary/aromatic N) is 3. The van der Waals surface area contributed by atoms with Crippen LogP contribution in [0.2, 0.25) is 0 Å². The molecule has 0 spiro atoms. The summed E-state index contributed by atoms with van der Waals surface area (Å²) >= 11 is 1.37. The summed E-state index contributed by atoms with van der Waals surface area (Å²) in [4.78, 5) is 33.5. The average molecular weight is 478 g/mol. The second kappa shape index (κ2) is 10.8. The first-order valence-electron chi connectivity index (χ1n) is 12.3. The minimum absolute atomic E-state index is 0.0312. The van der Waals surface area contributed by atoms with Gasteiger partial charge in [-0.15, -0.1) is 0 Å². The standard InChI is InChI=1S/C27H31N3O3S/c31-25(22-11-10-20-6-1-2-7-21(20)18-22)19-34-27-28-24-9-4-3-8-23(24)26(32)30(27)13-5-12-29-14-16-33-17-15-29/h3-4,8-11,18H,1-2,5-7,12-17,19H2. The van der Waals surface area contributed by atoms with Crippen molar-refractivity contribution in [3.8, 4) is 0 Å². The van der Waals surface area contributed by atoms with E-state index >= 15 is 0 Å². The molecule has 0 N–H and O–H groups in total. The van der Waals surface area contributed by atoms with Crippen LogP contribution in [-0.2, 0) is 24.1 Å².